The molecule has 1 N–H and O–H groups in total. The molecule has 0 saturated carbocycles. The number of nitrogens with one attached hydrogen (secondary N) is 1. The normalized spacial score (nSPS) is 17.5. The summed E-state index contributed by atoms with van der Waals surface area (Å²) in [5, 5.41) is 2.72. The van der Waals surface area contributed by atoms with Crippen molar-refractivity contribution in [3.8, 4) is 11.4 Å². The quantitative estimate of drug-likeness (QED) is 0.670. The Hall–Kier alpha value is -3.83. The molecule has 2 amide bonds. The summed E-state index contributed by atoms with van der Waals surface area (Å²) in [4.78, 5) is 36.6. The molecule has 12 heteroatoms. The van der Waals surface area contributed by atoms with Crippen LogP contribution >= 0.6 is 0 Å². The van der Waals surface area contributed by atoms with Crippen LogP contribution in [0.1, 0.15) is 12.1 Å². The van der Waals surface area contributed by atoms with Crippen LogP contribution in [-0.4, -0.2) is 50.1 Å². The Labute approximate surface area is 174 Å². The minimum atomic E-state index is -4.57. The first kappa shape index (κ1) is 19.2. The van der Waals surface area contributed by atoms with Crippen LogP contribution in [0.15, 0.2) is 43.1 Å². The molecule has 0 aliphatic carbocycles. The number of hydrogen-bond acceptors (Lipinski definition) is 7. The first-order valence-electron chi connectivity index (χ1n) is 9.42. The number of urea groups is 1. The van der Waals surface area contributed by atoms with Crippen molar-refractivity contribution >= 4 is 23.4 Å². The molecule has 0 radical (unpaired) electrons. The van der Waals surface area contributed by atoms with Gasteiger partial charge in [0.1, 0.15) is 5.69 Å². The number of carbonyl (C=O) groups is 1. The average molecular weight is 428 g/mol. The van der Waals surface area contributed by atoms with Gasteiger partial charge in [-0.1, -0.05) is 0 Å². The standard InChI is InChI=1S/C19H15F3N8O/c20-19(21,22)15-8-25-13(7-26-15)12-1-2-14-17(27-12)30(11-3-6-29(14)10-11)18(31)28-16-9-23-4-5-24-16/h1-2,4-5,7-9,11H,3,6,10H2,(H,24,28,31)/t11-/m0/s1. The molecule has 158 valence electrons. The van der Waals surface area contributed by atoms with E-state index in [1.165, 1.54) is 18.6 Å². The Morgan fingerprint density at radius 3 is 2.65 bits per heavy atom. The van der Waals surface area contributed by atoms with Crippen molar-refractivity contribution < 1.29 is 18.0 Å². The maximum Gasteiger partial charge on any atom is 0.434 e. The molecule has 1 saturated heterocycles. The molecule has 5 rings (SSSR count). The number of rotatable bonds is 2. The summed E-state index contributed by atoms with van der Waals surface area (Å²) >= 11 is 0. The van der Waals surface area contributed by atoms with Gasteiger partial charge in [0, 0.05) is 25.5 Å². The van der Waals surface area contributed by atoms with Crippen molar-refractivity contribution in [3.05, 3.63) is 48.8 Å². The van der Waals surface area contributed by atoms with Crippen molar-refractivity contribution in [2.75, 3.05) is 28.2 Å². The van der Waals surface area contributed by atoms with Crippen molar-refractivity contribution in [1.82, 2.24) is 24.9 Å². The maximum atomic E-state index is 13.1. The van der Waals surface area contributed by atoms with E-state index in [1.807, 2.05) is 0 Å². The van der Waals surface area contributed by atoms with E-state index in [4.69, 9.17) is 0 Å². The molecule has 0 aromatic carbocycles. The third-order valence-electron chi connectivity index (χ3n) is 5.17. The van der Waals surface area contributed by atoms with E-state index in [-0.39, 0.29) is 11.7 Å². The molecule has 31 heavy (non-hydrogen) atoms. The van der Waals surface area contributed by atoms with Gasteiger partial charge in [-0.05, 0) is 18.6 Å². The Kier molecular flexibility index (Phi) is 4.41. The van der Waals surface area contributed by atoms with E-state index >= 15 is 0 Å². The second kappa shape index (κ2) is 7.15. The summed E-state index contributed by atoms with van der Waals surface area (Å²) < 4.78 is 38.3. The highest BCUT2D eigenvalue weighted by Gasteiger charge is 2.40. The second-order valence-corrected chi connectivity index (χ2v) is 7.10. The zero-order chi connectivity index (χ0) is 21.6. The number of halogens is 3. The van der Waals surface area contributed by atoms with Gasteiger partial charge in [-0.25, -0.2) is 19.7 Å². The molecule has 5 heterocycles. The molecule has 2 aliphatic rings. The van der Waals surface area contributed by atoms with Gasteiger partial charge >= 0.3 is 12.2 Å². The van der Waals surface area contributed by atoms with Crippen LogP contribution < -0.4 is 15.1 Å². The number of amides is 2. The van der Waals surface area contributed by atoms with Gasteiger partial charge in [0.25, 0.3) is 0 Å². The summed E-state index contributed by atoms with van der Waals surface area (Å²) in [6.07, 6.45) is 2.29. The van der Waals surface area contributed by atoms with E-state index in [1.54, 1.807) is 17.0 Å². The van der Waals surface area contributed by atoms with E-state index in [2.05, 4.69) is 35.1 Å². The third kappa shape index (κ3) is 3.49. The zero-order valence-corrected chi connectivity index (χ0v) is 15.9. The lowest BCUT2D eigenvalue weighted by Gasteiger charge is -2.35. The smallest absolute Gasteiger partial charge is 0.366 e. The van der Waals surface area contributed by atoms with Crippen LogP contribution in [0.5, 0.6) is 0 Å². The largest absolute Gasteiger partial charge is 0.434 e. The zero-order valence-electron chi connectivity index (χ0n) is 15.9. The van der Waals surface area contributed by atoms with Crippen LogP contribution in [0, 0.1) is 0 Å². The fourth-order valence-corrected chi connectivity index (χ4v) is 3.75. The lowest BCUT2D eigenvalue weighted by molar-refractivity contribution is -0.141. The highest BCUT2D eigenvalue weighted by molar-refractivity contribution is 6.04. The number of carbonyl (C=O) groups excluding carboxylic acids is 1. The number of nitrogens with zero attached hydrogens (tertiary/aromatic N) is 7. The summed E-state index contributed by atoms with van der Waals surface area (Å²) in [5.41, 5.74) is 0.188. The Balaban J connectivity index is 1.50. The van der Waals surface area contributed by atoms with Crippen molar-refractivity contribution in [1.29, 1.82) is 0 Å². The second-order valence-electron chi connectivity index (χ2n) is 7.10. The lowest BCUT2D eigenvalue weighted by Crippen LogP contribution is -2.48. The Morgan fingerprint density at radius 2 is 1.94 bits per heavy atom. The SMILES string of the molecule is O=C(Nc1cnccn1)N1c2nc(-c3cnc(C(F)(F)F)cn3)ccc2N2CC[C@H]1C2. The van der Waals surface area contributed by atoms with Crippen molar-refractivity contribution in [2.45, 2.75) is 18.6 Å². The van der Waals surface area contributed by atoms with Gasteiger partial charge in [-0.3, -0.25) is 20.2 Å². The van der Waals surface area contributed by atoms with Crippen LogP contribution in [0.2, 0.25) is 0 Å². The number of fused-ring (bicyclic) bond motifs is 4. The van der Waals surface area contributed by atoms with Crippen LogP contribution in [-0.2, 0) is 6.18 Å². The summed E-state index contributed by atoms with van der Waals surface area (Å²) in [6.45, 7) is 1.44. The van der Waals surface area contributed by atoms with E-state index < -0.39 is 17.9 Å². The maximum absolute atomic E-state index is 13.1. The predicted molar refractivity (Wildman–Crippen MR) is 104 cm³/mol. The fourth-order valence-electron chi connectivity index (χ4n) is 3.75. The van der Waals surface area contributed by atoms with Gasteiger partial charge in [0.2, 0.25) is 0 Å². The highest BCUT2D eigenvalue weighted by Crippen LogP contribution is 2.40. The van der Waals surface area contributed by atoms with Gasteiger partial charge < -0.3 is 4.90 Å². The first-order valence-corrected chi connectivity index (χ1v) is 9.42. The molecule has 0 unspecified atom stereocenters. The third-order valence-corrected chi connectivity index (χ3v) is 5.17. The molecule has 1 fully saturated rings. The minimum absolute atomic E-state index is 0.0920. The van der Waals surface area contributed by atoms with Gasteiger partial charge in [0.15, 0.2) is 17.3 Å². The predicted octanol–water partition coefficient (Wildman–Crippen LogP) is 2.98. The Morgan fingerprint density at radius 1 is 1.06 bits per heavy atom. The summed E-state index contributed by atoms with van der Waals surface area (Å²) in [7, 11) is 0. The van der Waals surface area contributed by atoms with E-state index in [9.17, 15) is 18.0 Å². The van der Waals surface area contributed by atoms with E-state index in [0.717, 1.165) is 24.8 Å². The molecule has 0 spiro atoms. The number of aromatic nitrogens is 5. The number of anilines is 3. The van der Waals surface area contributed by atoms with Crippen molar-refractivity contribution in [2.24, 2.45) is 0 Å². The molecular formula is C19H15F3N8O. The van der Waals surface area contributed by atoms with Crippen LogP contribution in [0.4, 0.5) is 35.3 Å². The van der Waals surface area contributed by atoms with Crippen LogP contribution in [0.3, 0.4) is 0 Å². The molecule has 9 nitrogen and oxygen atoms in total. The Bertz CT molecular complexity index is 1120. The van der Waals surface area contributed by atoms with Crippen LogP contribution in [0.25, 0.3) is 11.4 Å². The minimum Gasteiger partial charge on any atom is -0.366 e. The molecule has 2 bridgehead atoms. The molecule has 3 aromatic heterocycles. The lowest BCUT2D eigenvalue weighted by atomic mass is 10.1. The summed E-state index contributed by atoms with van der Waals surface area (Å²) in [5.74, 6) is 0.716. The van der Waals surface area contributed by atoms with Gasteiger partial charge in [-0.2, -0.15) is 13.2 Å². The first-order chi connectivity index (χ1) is 14.9. The van der Waals surface area contributed by atoms with Gasteiger partial charge in [0.05, 0.1) is 36.0 Å². The molecule has 3 aromatic rings. The van der Waals surface area contributed by atoms with Gasteiger partial charge in [-0.15, -0.1) is 0 Å². The fraction of sp³-hybridized carbons (Fsp3) is 0.263. The topological polar surface area (TPSA) is 100 Å². The van der Waals surface area contributed by atoms with E-state index in [0.29, 0.717) is 30.1 Å². The molecular weight excluding hydrogens is 413 g/mol. The summed E-state index contributed by atoms with van der Waals surface area (Å²) in [6, 6.07) is 2.95. The number of hydrogen-bond donors (Lipinski definition) is 1. The molecule has 1 atom stereocenters. The highest BCUT2D eigenvalue weighted by atomic mass is 19.4. The average Bonchev–Trinajstić information content (AvgIpc) is 3.18. The van der Waals surface area contributed by atoms with Crippen molar-refractivity contribution in [3.63, 3.8) is 0 Å². The number of alkyl halides is 3. The molecule has 2 aliphatic heterocycles. The number of pyridine rings is 1. The monoisotopic (exact) mass is 428 g/mol.